The van der Waals surface area contributed by atoms with E-state index in [-0.39, 0.29) is 5.03 Å². The van der Waals surface area contributed by atoms with Crippen LogP contribution in [0, 0.1) is 12.8 Å². The zero-order valence-electron chi connectivity index (χ0n) is 13.9. The van der Waals surface area contributed by atoms with Gasteiger partial charge in [0.1, 0.15) is 5.82 Å². The van der Waals surface area contributed by atoms with Crippen LogP contribution in [0.15, 0.2) is 35.5 Å². The molecule has 0 fully saturated rings. The number of carbonyl (C=O) groups is 1. The van der Waals surface area contributed by atoms with E-state index in [1.54, 1.807) is 42.7 Å². The van der Waals surface area contributed by atoms with Crippen molar-refractivity contribution in [2.24, 2.45) is 5.92 Å². The van der Waals surface area contributed by atoms with Crippen molar-refractivity contribution in [2.45, 2.75) is 38.8 Å². The van der Waals surface area contributed by atoms with Gasteiger partial charge in [-0.25, -0.2) is 4.98 Å². The number of carboxylic acids is 1. The van der Waals surface area contributed by atoms with Gasteiger partial charge in [0.15, 0.2) is 5.03 Å². The van der Waals surface area contributed by atoms with E-state index in [4.69, 9.17) is 5.11 Å². The van der Waals surface area contributed by atoms with Crippen LogP contribution in [0.1, 0.15) is 25.2 Å². The van der Waals surface area contributed by atoms with Gasteiger partial charge < -0.3 is 9.67 Å². The van der Waals surface area contributed by atoms with Crippen LogP contribution in [0.2, 0.25) is 0 Å². The maximum absolute atomic E-state index is 12.4. The Balaban J connectivity index is 2.13. The van der Waals surface area contributed by atoms with Crippen LogP contribution in [0.3, 0.4) is 0 Å². The third kappa shape index (κ3) is 4.14. The maximum atomic E-state index is 12.4. The number of sulfonamides is 1. The van der Waals surface area contributed by atoms with Gasteiger partial charge >= 0.3 is 5.97 Å². The molecule has 0 aliphatic rings. The van der Waals surface area contributed by atoms with Crippen LogP contribution >= 0.6 is 0 Å². The Morgan fingerprint density at radius 3 is 2.46 bits per heavy atom. The first-order valence-electron chi connectivity index (χ1n) is 7.61. The fraction of sp³-hybridized carbons (Fsp3) is 0.375. The number of hydrogen-bond donors (Lipinski definition) is 2. The third-order valence-electron chi connectivity index (χ3n) is 3.74. The number of imidazole rings is 1. The van der Waals surface area contributed by atoms with E-state index < -0.39 is 21.9 Å². The van der Waals surface area contributed by atoms with Crippen molar-refractivity contribution >= 4 is 21.7 Å². The highest BCUT2D eigenvalue weighted by Gasteiger charge is 2.19. The lowest BCUT2D eigenvalue weighted by Crippen LogP contribution is -2.14. The summed E-state index contributed by atoms with van der Waals surface area (Å²) in [6.45, 7) is 5.94. The van der Waals surface area contributed by atoms with Gasteiger partial charge in [-0.2, -0.15) is 8.42 Å². The molecule has 0 aliphatic carbocycles. The van der Waals surface area contributed by atoms with Crippen molar-refractivity contribution < 1.29 is 18.3 Å². The molecule has 0 saturated heterocycles. The molecule has 2 aromatic rings. The Morgan fingerprint density at radius 2 is 1.96 bits per heavy atom. The Kier molecular flexibility index (Phi) is 5.28. The van der Waals surface area contributed by atoms with Crippen LogP contribution < -0.4 is 4.72 Å². The molecule has 1 atom stereocenters. The average molecular weight is 351 g/mol. The standard InChI is InChI=1S/C16H21N3O4S/c1-4-19-10-15(17-12(19)3)24(22,23)18-14-7-5-13(6-8-14)9-11(2)16(20)21/h5-8,10-11,18H,4,9H2,1-3H3,(H,20,21). The van der Waals surface area contributed by atoms with E-state index in [2.05, 4.69) is 9.71 Å². The molecule has 130 valence electrons. The van der Waals surface area contributed by atoms with Gasteiger partial charge in [-0.3, -0.25) is 9.52 Å². The first-order valence-corrected chi connectivity index (χ1v) is 9.09. The molecule has 2 rings (SSSR count). The monoisotopic (exact) mass is 351 g/mol. The van der Waals surface area contributed by atoms with Crippen molar-refractivity contribution in [2.75, 3.05) is 4.72 Å². The minimum absolute atomic E-state index is 0.0228. The minimum Gasteiger partial charge on any atom is -0.481 e. The zero-order chi connectivity index (χ0) is 17.9. The number of nitrogens with zero attached hydrogens (tertiary/aromatic N) is 2. The highest BCUT2D eigenvalue weighted by Crippen LogP contribution is 2.18. The average Bonchev–Trinajstić information content (AvgIpc) is 2.91. The molecule has 2 N–H and O–H groups in total. The second-order valence-electron chi connectivity index (χ2n) is 5.66. The van der Waals surface area contributed by atoms with Crippen LogP contribution in [0.5, 0.6) is 0 Å². The number of aryl methyl sites for hydroxylation is 2. The summed E-state index contributed by atoms with van der Waals surface area (Å²) in [4.78, 5) is 14.9. The van der Waals surface area contributed by atoms with Gasteiger partial charge in [0, 0.05) is 18.4 Å². The molecular formula is C16H21N3O4S. The molecule has 0 radical (unpaired) electrons. The van der Waals surface area contributed by atoms with Crippen molar-refractivity contribution in [3.8, 4) is 0 Å². The molecule has 0 bridgehead atoms. The summed E-state index contributed by atoms with van der Waals surface area (Å²) < 4.78 is 29.0. The zero-order valence-corrected chi connectivity index (χ0v) is 14.7. The fourth-order valence-corrected chi connectivity index (χ4v) is 3.36. The van der Waals surface area contributed by atoms with Gasteiger partial charge in [-0.15, -0.1) is 0 Å². The fourth-order valence-electron chi connectivity index (χ4n) is 2.29. The lowest BCUT2D eigenvalue weighted by Gasteiger charge is -2.09. The molecule has 1 unspecified atom stereocenters. The SMILES string of the molecule is CCn1cc(S(=O)(=O)Nc2ccc(CC(C)C(=O)O)cc2)nc1C. The van der Waals surface area contributed by atoms with Crippen molar-refractivity contribution in [1.82, 2.24) is 9.55 Å². The molecule has 0 saturated carbocycles. The molecule has 1 heterocycles. The van der Waals surface area contributed by atoms with Crippen LogP contribution in [-0.2, 0) is 27.8 Å². The molecule has 0 spiro atoms. The second-order valence-corrected chi connectivity index (χ2v) is 7.29. The molecular weight excluding hydrogens is 330 g/mol. The molecule has 7 nitrogen and oxygen atoms in total. The number of aliphatic carboxylic acids is 1. The van der Waals surface area contributed by atoms with Gasteiger partial charge in [0.25, 0.3) is 10.0 Å². The Labute approximate surface area is 141 Å². The molecule has 24 heavy (non-hydrogen) atoms. The van der Waals surface area contributed by atoms with E-state index in [0.717, 1.165) is 5.56 Å². The van der Waals surface area contributed by atoms with Crippen LogP contribution in [-0.4, -0.2) is 29.0 Å². The van der Waals surface area contributed by atoms with E-state index in [9.17, 15) is 13.2 Å². The summed E-state index contributed by atoms with van der Waals surface area (Å²) in [6.07, 6.45) is 1.89. The number of rotatable bonds is 7. The Bertz CT molecular complexity index is 826. The van der Waals surface area contributed by atoms with E-state index in [1.807, 2.05) is 6.92 Å². The second kappa shape index (κ2) is 7.04. The first-order chi connectivity index (χ1) is 11.2. The Hall–Kier alpha value is -2.35. The van der Waals surface area contributed by atoms with Crippen molar-refractivity contribution in [3.63, 3.8) is 0 Å². The first kappa shape index (κ1) is 18.0. The predicted octanol–water partition coefficient (Wildman–Crippen LogP) is 2.28. The number of benzene rings is 1. The predicted molar refractivity (Wildman–Crippen MR) is 90.4 cm³/mol. The smallest absolute Gasteiger partial charge is 0.306 e. The summed E-state index contributed by atoms with van der Waals surface area (Å²) in [6, 6.07) is 6.66. The number of carboxylic acid groups (broad SMARTS) is 1. The highest BCUT2D eigenvalue weighted by molar-refractivity contribution is 7.92. The normalized spacial score (nSPS) is 12.8. The van der Waals surface area contributed by atoms with Gasteiger partial charge in [0.2, 0.25) is 0 Å². The van der Waals surface area contributed by atoms with E-state index in [1.165, 1.54) is 6.20 Å². The summed E-state index contributed by atoms with van der Waals surface area (Å²) in [5.41, 5.74) is 1.24. The highest BCUT2D eigenvalue weighted by atomic mass is 32.2. The Morgan fingerprint density at radius 1 is 1.33 bits per heavy atom. The summed E-state index contributed by atoms with van der Waals surface area (Å²) in [5.74, 6) is -0.717. The minimum atomic E-state index is -3.75. The number of aromatic nitrogens is 2. The summed E-state index contributed by atoms with van der Waals surface area (Å²) >= 11 is 0. The van der Waals surface area contributed by atoms with E-state index in [0.29, 0.717) is 24.5 Å². The molecule has 0 amide bonds. The van der Waals surface area contributed by atoms with Crippen molar-refractivity contribution in [3.05, 3.63) is 41.9 Å². The number of nitrogens with one attached hydrogen (secondary N) is 1. The number of hydrogen-bond acceptors (Lipinski definition) is 4. The van der Waals surface area contributed by atoms with Gasteiger partial charge in [-0.05, 0) is 38.0 Å². The van der Waals surface area contributed by atoms with E-state index >= 15 is 0 Å². The summed E-state index contributed by atoms with van der Waals surface area (Å²) in [7, 11) is -3.75. The lowest BCUT2D eigenvalue weighted by molar-refractivity contribution is -0.141. The molecule has 0 aliphatic heterocycles. The number of anilines is 1. The molecule has 8 heteroatoms. The largest absolute Gasteiger partial charge is 0.481 e. The van der Waals surface area contributed by atoms with Gasteiger partial charge in [-0.1, -0.05) is 19.1 Å². The molecule has 1 aromatic heterocycles. The van der Waals surface area contributed by atoms with Crippen LogP contribution in [0.25, 0.3) is 0 Å². The maximum Gasteiger partial charge on any atom is 0.306 e. The lowest BCUT2D eigenvalue weighted by atomic mass is 10.0. The quantitative estimate of drug-likeness (QED) is 0.797. The third-order valence-corrected chi connectivity index (χ3v) is 4.99. The van der Waals surface area contributed by atoms with Crippen molar-refractivity contribution in [1.29, 1.82) is 0 Å². The topological polar surface area (TPSA) is 101 Å². The summed E-state index contributed by atoms with van der Waals surface area (Å²) in [5, 5.41) is 8.90. The van der Waals surface area contributed by atoms with Crippen LogP contribution in [0.4, 0.5) is 5.69 Å². The van der Waals surface area contributed by atoms with Gasteiger partial charge in [0.05, 0.1) is 5.92 Å². The molecule has 1 aromatic carbocycles.